The lowest BCUT2D eigenvalue weighted by atomic mass is 9.88. The Morgan fingerprint density at radius 3 is 2.20 bits per heavy atom. The van der Waals surface area contributed by atoms with Crippen molar-refractivity contribution in [1.82, 2.24) is 5.32 Å². The van der Waals surface area contributed by atoms with Gasteiger partial charge in [0.2, 0.25) is 5.91 Å². The Labute approximate surface area is 177 Å². The van der Waals surface area contributed by atoms with Crippen LogP contribution >= 0.6 is 0 Å². The van der Waals surface area contributed by atoms with Crippen LogP contribution in [0.4, 0.5) is 4.79 Å². The van der Waals surface area contributed by atoms with Gasteiger partial charge in [0.15, 0.2) is 6.10 Å². The highest BCUT2D eigenvalue weighted by Crippen LogP contribution is 2.23. The number of carbonyl (C=O) groups is 3. The van der Waals surface area contributed by atoms with E-state index in [0.29, 0.717) is 12.8 Å². The quantitative estimate of drug-likeness (QED) is 0.205. The van der Waals surface area contributed by atoms with Gasteiger partial charge < -0.3 is 24.6 Å². The van der Waals surface area contributed by atoms with Crippen molar-refractivity contribution >= 4 is 28.1 Å². The number of hydrogen-bond acceptors (Lipinski definition) is 10. The largest absolute Gasteiger partial charge is 0.508 e. The zero-order valence-electron chi connectivity index (χ0n) is 18.0. The average molecular weight is 456 g/mol. The second kappa shape index (κ2) is 14.1. The van der Waals surface area contributed by atoms with Crippen molar-refractivity contribution in [3.05, 3.63) is 0 Å². The number of hydrogen-bond donors (Lipinski definition) is 2. The molecular weight excluding hydrogens is 422 g/mol. The number of aliphatic hydroxyl groups excluding tert-OH is 1. The van der Waals surface area contributed by atoms with Gasteiger partial charge >= 0.3 is 12.1 Å². The summed E-state index contributed by atoms with van der Waals surface area (Å²) in [6, 6.07) is 0. The maximum atomic E-state index is 12.0. The molecule has 0 aromatic carbocycles. The molecule has 0 saturated carbocycles. The molecule has 30 heavy (non-hydrogen) atoms. The van der Waals surface area contributed by atoms with Crippen LogP contribution in [-0.2, 0) is 38.1 Å². The molecule has 0 fully saturated rings. The fourth-order valence-electron chi connectivity index (χ4n) is 1.98. The SMILES string of the molecule is CCOC(=O)OCCCCOC(=O)[C@H](O)C(C)(C)COS(=O)(=O)CCCNC(C)=O. The molecule has 0 aromatic heterocycles. The number of amides is 1. The van der Waals surface area contributed by atoms with E-state index in [2.05, 4.69) is 10.1 Å². The molecule has 0 saturated heterocycles. The van der Waals surface area contributed by atoms with E-state index in [1.807, 2.05) is 0 Å². The smallest absolute Gasteiger partial charge is 0.464 e. The van der Waals surface area contributed by atoms with Crippen LogP contribution in [0.25, 0.3) is 0 Å². The van der Waals surface area contributed by atoms with Gasteiger partial charge in [-0.3, -0.25) is 8.98 Å². The van der Waals surface area contributed by atoms with E-state index in [9.17, 15) is 27.9 Å². The summed E-state index contributed by atoms with van der Waals surface area (Å²) in [6.07, 6.45) is -1.35. The Kier molecular flexibility index (Phi) is 13.2. The third kappa shape index (κ3) is 13.3. The molecule has 12 heteroatoms. The van der Waals surface area contributed by atoms with Crippen LogP contribution in [0.3, 0.4) is 0 Å². The predicted molar refractivity (Wildman–Crippen MR) is 106 cm³/mol. The second-order valence-electron chi connectivity index (χ2n) is 7.16. The van der Waals surface area contributed by atoms with Gasteiger partial charge in [-0.05, 0) is 26.2 Å². The lowest BCUT2D eigenvalue weighted by Gasteiger charge is -2.28. The van der Waals surface area contributed by atoms with E-state index < -0.39 is 40.4 Å². The molecule has 0 heterocycles. The van der Waals surface area contributed by atoms with Gasteiger partial charge in [0.25, 0.3) is 10.1 Å². The van der Waals surface area contributed by atoms with Crippen molar-refractivity contribution in [3.8, 4) is 0 Å². The molecule has 0 rings (SSSR count). The van der Waals surface area contributed by atoms with E-state index in [-0.39, 0.29) is 44.4 Å². The first-order valence-corrected chi connectivity index (χ1v) is 11.2. The molecule has 0 aliphatic heterocycles. The normalized spacial score (nSPS) is 12.7. The van der Waals surface area contributed by atoms with Gasteiger partial charge in [0.05, 0.1) is 32.2 Å². The zero-order valence-corrected chi connectivity index (χ0v) is 18.8. The van der Waals surface area contributed by atoms with Gasteiger partial charge in [0.1, 0.15) is 0 Å². The highest BCUT2D eigenvalue weighted by atomic mass is 32.2. The summed E-state index contributed by atoms with van der Waals surface area (Å²) in [5, 5.41) is 12.6. The summed E-state index contributed by atoms with van der Waals surface area (Å²) >= 11 is 0. The van der Waals surface area contributed by atoms with Crippen LogP contribution in [0, 0.1) is 5.41 Å². The molecule has 0 aromatic rings. The second-order valence-corrected chi connectivity index (χ2v) is 8.92. The Morgan fingerprint density at radius 1 is 1.03 bits per heavy atom. The molecule has 1 atom stereocenters. The van der Waals surface area contributed by atoms with E-state index >= 15 is 0 Å². The van der Waals surface area contributed by atoms with E-state index in [1.165, 1.54) is 20.8 Å². The minimum atomic E-state index is -3.88. The lowest BCUT2D eigenvalue weighted by Crippen LogP contribution is -2.41. The van der Waals surface area contributed by atoms with Gasteiger partial charge in [-0.1, -0.05) is 13.8 Å². The summed E-state index contributed by atoms with van der Waals surface area (Å²) in [5.41, 5.74) is -1.21. The lowest BCUT2D eigenvalue weighted by molar-refractivity contribution is -0.161. The van der Waals surface area contributed by atoms with Crippen molar-refractivity contribution in [1.29, 1.82) is 0 Å². The summed E-state index contributed by atoms with van der Waals surface area (Å²) in [6.45, 7) is 6.02. The van der Waals surface area contributed by atoms with Crippen molar-refractivity contribution in [2.45, 2.75) is 53.1 Å². The maximum absolute atomic E-state index is 12.0. The van der Waals surface area contributed by atoms with Crippen molar-refractivity contribution in [2.75, 3.05) is 38.7 Å². The number of rotatable bonds is 15. The van der Waals surface area contributed by atoms with Gasteiger partial charge in [0, 0.05) is 18.9 Å². The molecule has 1 amide bonds. The fourth-order valence-corrected chi connectivity index (χ4v) is 3.08. The zero-order chi connectivity index (χ0) is 23.2. The van der Waals surface area contributed by atoms with E-state index in [4.69, 9.17) is 13.7 Å². The first kappa shape index (κ1) is 28.1. The first-order valence-electron chi connectivity index (χ1n) is 9.67. The number of ether oxygens (including phenoxy) is 3. The molecule has 0 spiro atoms. The Bertz CT molecular complexity index is 647. The molecule has 0 unspecified atom stereocenters. The van der Waals surface area contributed by atoms with Crippen LogP contribution in [0.5, 0.6) is 0 Å². The predicted octanol–water partition coefficient (Wildman–Crippen LogP) is 0.743. The Morgan fingerprint density at radius 2 is 1.63 bits per heavy atom. The van der Waals surface area contributed by atoms with Crippen LogP contribution in [0.2, 0.25) is 0 Å². The van der Waals surface area contributed by atoms with E-state index in [1.54, 1.807) is 6.92 Å². The monoisotopic (exact) mass is 455 g/mol. The van der Waals surface area contributed by atoms with Gasteiger partial charge in [-0.15, -0.1) is 0 Å². The average Bonchev–Trinajstić information content (AvgIpc) is 2.66. The maximum Gasteiger partial charge on any atom is 0.508 e. The molecular formula is C18H33NO10S. The number of esters is 1. The van der Waals surface area contributed by atoms with Crippen molar-refractivity contribution in [3.63, 3.8) is 0 Å². The van der Waals surface area contributed by atoms with Crippen LogP contribution in [0.1, 0.15) is 47.0 Å². The Balaban J connectivity index is 4.21. The van der Waals surface area contributed by atoms with Crippen LogP contribution in [-0.4, -0.2) is 76.4 Å². The number of carbonyl (C=O) groups excluding carboxylic acids is 3. The Hall–Kier alpha value is -1.92. The number of unbranched alkanes of at least 4 members (excludes halogenated alkanes) is 1. The van der Waals surface area contributed by atoms with Crippen LogP contribution in [0.15, 0.2) is 0 Å². The third-order valence-electron chi connectivity index (χ3n) is 3.78. The van der Waals surface area contributed by atoms with Gasteiger partial charge in [-0.25, -0.2) is 9.59 Å². The minimum Gasteiger partial charge on any atom is -0.464 e. The summed E-state index contributed by atoms with van der Waals surface area (Å²) in [4.78, 5) is 33.7. The number of nitrogens with one attached hydrogen (secondary N) is 1. The van der Waals surface area contributed by atoms with Crippen LogP contribution < -0.4 is 5.32 Å². The first-order chi connectivity index (χ1) is 13.9. The highest BCUT2D eigenvalue weighted by Gasteiger charge is 2.36. The standard InChI is InChI=1S/C18H33NO10S/c1-5-26-17(23)28-11-7-6-10-27-16(22)15(21)18(3,4)13-29-30(24,25)12-8-9-19-14(2)20/h15,21H,5-13H2,1-4H3,(H,19,20)/t15-/m0/s1. The third-order valence-corrected chi connectivity index (χ3v) is 5.05. The molecule has 11 nitrogen and oxygen atoms in total. The molecule has 0 aliphatic carbocycles. The van der Waals surface area contributed by atoms with Crippen molar-refractivity contribution < 1.29 is 46.3 Å². The molecule has 0 aliphatic rings. The van der Waals surface area contributed by atoms with Crippen molar-refractivity contribution in [2.24, 2.45) is 5.41 Å². The molecule has 2 N–H and O–H groups in total. The molecule has 176 valence electrons. The summed E-state index contributed by atoms with van der Waals surface area (Å²) < 4.78 is 43.0. The summed E-state index contributed by atoms with van der Waals surface area (Å²) in [7, 11) is -3.88. The fraction of sp³-hybridized carbons (Fsp3) is 0.833. The highest BCUT2D eigenvalue weighted by molar-refractivity contribution is 7.86. The van der Waals surface area contributed by atoms with Gasteiger partial charge in [-0.2, -0.15) is 8.42 Å². The van der Waals surface area contributed by atoms with E-state index in [0.717, 1.165) is 0 Å². The number of aliphatic hydroxyl groups is 1. The topological polar surface area (TPSA) is 155 Å². The molecule has 0 bridgehead atoms. The molecule has 0 radical (unpaired) electrons. The summed E-state index contributed by atoms with van der Waals surface area (Å²) in [5.74, 6) is -1.47. The minimum absolute atomic E-state index is 0.000460.